The Morgan fingerprint density at radius 1 is 0.625 bits per heavy atom. The molecule has 0 amide bonds. The summed E-state index contributed by atoms with van der Waals surface area (Å²) in [5.41, 5.74) is 0. The van der Waals surface area contributed by atoms with Gasteiger partial charge in [-0.3, -0.25) is 0 Å². The van der Waals surface area contributed by atoms with E-state index in [9.17, 15) is 0 Å². The number of hydrogen-bond donors (Lipinski definition) is 1. The van der Waals surface area contributed by atoms with Crippen LogP contribution in [-0.4, -0.2) is 37.3 Å². The molecule has 0 unspecified atom stereocenters. The van der Waals surface area contributed by atoms with Crippen LogP contribution in [-0.2, 0) is 0 Å². The topological polar surface area (TPSA) is 23.5 Å². The summed E-state index contributed by atoms with van der Waals surface area (Å²) in [6.45, 7) is 5.47. The fourth-order valence-corrected chi connectivity index (χ4v) is 2.68. The van der Waals surface area contributed by atoms with Crippen LogP contribution in [0.1, 0.15) is 104 Å². The molecule has 146 valence electrons. The average molecular weight is 342 g/mol. The summed E-state index contributed by atoms with van der Waals surface area (Å²) < 4.78 is 0. The van der Waals surface area contributed by atoms with Crippen molar-refractivity contribution < 1.29 is 5.11 Å². The normalized spacial score (nSPS) is 11.1. The molecule has 0 saturated carbocycles. The number of hydrogen-bond acceptors (Lipinski definition) is 2. The maximum atomic E-state index is 7.57. The fraction of sp³-hybridized carbons (Fsp3) is 0.909. The zero-order chi connectivity index (χ0) is 18.3. The van der Waals surface area contributed by atoms with Crippen LogP contribution in [0.25, 0.3) is 0 Å². The highest BCUT2D eigenvalue weighted by molar-refractivity contribution is 4.81. The van der Waals surface area contributed by atoms with Gasteiger partial charge >= 0.3 is 0 Å². The molecule has 0 radical (unpaired) electrons. The number of aliphatic hydroxyl groups is 1. The van der Waals surface area contributed by atoms with Gasteiger partial charge in [0.15, 0.2) is 0 Å². The summed E-state index contributed by atoms with van der Waals surface area (Å²) in [6.07, 6.45) is 24.3. The number of nitrogens with zero attached hydrogens (tertiary/aromatic N) is 1. The first kappa shape index (κ1) is 25.9. The largest absolute Gasteiger partial charge is 0.397 e. The van der Waals surface area contributed by atoms with Gasteiger partial charge in [-0.25, -0.2) is 0 Å². The van der Waals surface area contributed by atoms with Crippen LogP contribution in [0, 0.1) is 0 Å². The van der Waals surface area contributed by atoms with Gasteiger partial charge in [0.25, 0.3) is 0 Å². The molecule has 0 saturated heterocycles. The minimum Gasteiger partial charge on any atom is -0.397 e. The maximum absolute atomic E-state index is 7.57. The highest BCUT2D eigenvalue weighted by Crippen LogP contribution is 2.09. The second kappa shape index (κ2) is 24.9. The van der Waals surface area contributed by atoms with Gasteiger partial charge < -0.3 is 10.0 Å². The predicted octanol–water partition coefficient (Wildman–Crippen LogP) is 6.58. The third-order valence-corrected chi connectivity index (χ3v) is 4.12. The molecule has 0 spiro atoms. The van der Waals surface area contributed by atoms with Crippen molar-refractivity contribution in [2.24, 2.45) is 0 Å². The Morgan fingerprint density at radius 2 is 1.00 bits per heavy atom. The van der Waals surface area contributed by atoms with Gasteiger partial charge in [-0.1, -0.05) is 76.9 Å². The van der Waals surface area contributed by atoms with Gasteiger partial charge in [0.1, 0.15) is 0 Å². The first-order valence-corrected chi connectivity index (χ1v) is 10.6. The predicted molar refractivity (Wildman–Crippen MR) is 111 cm³/mol. The summed E-state index contributed by atoms with van der Waals surface area (Å²) in [5.74, 6) is 0. The van der Waals surface area contributed by atoms with E-state index in [1.807, 2.05) is 0 Å². The Bertz CT molecular complexity index is 226. The third kappa shape index (κ3) is 29.6. The molecule has 0 heterocycles. The number of aliphatic hydroxyl groups excluding tert-OH is 1. The fourth-order valence-electron chi connectivity index (χ4n) is 2.68. The highest BCUT2D eigenvalue weighted by Gasteiger charge is 1.92. The van der Waals surface area contributed by atoms with E-state index in [2.05, 4.69) is 38.1 Å². The molecule has 0 rings (SSSR count). The van der Waals surface area contributed by atoms with E-state index in [4.69, 9.17) is 5.11 Å². The lowest BCUT2D eigenvalue weighted by Gasteiger charge is -2.08. The van der Waals surface area contributed by atoms with Crippen molar-refractivity contribution in [1.82, 2.24) is 4.90 Å². The monoisotopic (exact) mass is 341 g/mol. The quantitative estimate of drug-likeness (QED) is 0.253. The lowest BCUT2D eigenvalue weighted by Crippen LogP contribution is -2.12. The lowest BCUT2D eigenvalue weighted by atomic mass is 10.1. The molecular weight excluding hydrogens is 294 g/mol. The molecule has 0 aromatic carbocycles. The van der Waals surface area contributed by atoms with Gasteiger partial charge in [-0.15, -0.1) is 0 Å². The molecule has 0 aromatic rings. The van der Waals surface area contributed by atoms with Crippen LogP contribution >= 0.6 is 0 Å². The van der Waals surface area contributed by atoms with Crippen molar-refractivity contribution in [3.8, 4) is 0 Å². The van der Waals surface area contributed by atoms with E-state index < -0.39 is 0 Å². The molecule has 0 atom stereocenters. The van der Waals surface area contributed by atoms with Crippen molar-refractivity contribution in [3.05, 3.63) is 12.2 Å². The van der Waals surface area contributed by atoms with Crippen molar-refractivity contribution in [3.63, 3.8) is 0 Å². The van der Waals surface area contributed by atoms with E-state index in [0.717, 1.165) is 0 Å². The summed E-state index contributed by atoms with van der Waals surface area (Å²) >= 11 is 0. The molecule has 0 aliphatic heterocycles. The van der Waals surface area contributed by atoms with Crippen molar-refractivity contribution in [1.29, 1.82) is 0 Å². The maximum Gasteiger partial charge on any atom is 0.0402 e. The van der Waals surface area contributed by atoms with Gasteiger partial charge in [0.2, 0.25) is 0 Å². The van der Waals surface area contributed by atoms with Gasteiger partial charge in [-0.05, 0) is 59.7 Å². The van der Waals surface area contributed by atoms with E-state index in [-0.39, 0.29) is 6.61 Å². The SMILES string of the molecule is CCCCCCCC/C=C\CCCCCCCCN(C)C.CCO. The number of allylic oxidation sites excluding steroid dienone is 2. The first-order chi connectivity index (χ1) is 11.7. The van der Waals surface area contributed by atoms with Crippen LogP contribution < -0.4 is 0 Å². The van der Waals surface area contributed by atoms with Gasteiger partial charge in [0, 0.05) is 6.61 Å². The summed E-state index contributed by atoms with van der Waals surface area (Å²) in [5, 5.41) is 7.57. The highest BCUT2D eigenvalue weighted by atomic mass is 16.2. The standard InChI is InChI=1S/C20H41N.C2H6O/c1-4-5-6-7-8-9-10-11-12-13-14-15-16-17-18-19-20-21(2)3;1-2-3/h11-12H,4-10,13-20H2,1-3H3;3H,2H2,1H3/b12-11-;. The summed E-state index contributed by atoms with van der Waals surface area (Å²) in [6, 6.07) is 0. The van der Waals surface area contributed by atoms with Crippen LogP contribution in [0.2, 0.25) is 0 Å². The zero-order valence-corrected chi connectivity index (χ0v) is 17.4. The van der Waals surface area contributed by atoms with Crippen molar-refractivity contribution >= 4 is 0 Å². The number of rotatable bonds is 16. The molecule has 24 heavy (non-hydrogen) atoms. The van der Waals surface area contributed by atoms with Crippen LogP contribution in [0.15, 0.2) is 12.2 Å². The second-order valence-electron chi connectivity index (χ2n) is 7.06. The molecule has 0 aromatic heterocycles. The van der Waals surface area contributed by atoms with E-state index in [0.29, 0.717) is 0 Å². The smallest absolute Gasteiger partial charge is 0.0402 e. The van der Waals surface area contributed by atoms with E-state index in [1.165, 1.54) is 96.4 Å². The Labute approximate surface area is 153 Å². The molecular formula is C22H47NO. The Kier molecular flexibility index (Phi) is 26.9. The molecule has 0 aliphatic carbocycles. The van der Waals surface area contributed by atoms with Gasteiger partial charge in [-0.2, -0.15) is 0 Å². The average Bonchev–Trinajstić information content (AvgIpc) is 2.55. The Hall–Kier alpha value is -0.340. The molecule has 0 fully saturated rings. The van der Waals surface area contributed by atoms with Gasteiger partial charge in [0.05, 0.1) is 0 Å². The Morgan fingerprint density at radius 3 is 1.42 bits per heavy atom. The number of unbranched alkanes of at least 4 members (excludes halogenated alkanes) is 12. The summed E-state index contributed by atoms with van der Waals surface area (Å²) in [7, 11) is 4.33. The summed E-state index contributed by atoms with van der Waals surface area (Å²) in [4.78, 5) is 2.29. The van der Waals surface area contributed by atoms with Crippen LogP contribution in [0.3, 0.4) is 0 Å². The van der Waals surface area contributed by atoms with E-state index >= 15 is 0 Å². The molecule has 0 bridgehead atoms. The van der Waals surface area contributed by atoms with Crippen LogP contribution in [0.4, 0.5) is 0 Å². The Balaban J connectivity index is 0. The second-order valence-corrected chi connectivity index (χ2v) is 7.06. The van der Waals surface area contributed by atoms with Crippen molar-refractivity contribution in [2.45, 2.75) is 104 Å². The molecule has 1 N–H and O–H groups in total. The van der Waals surface area contributed by atoms with E-state index in [1.54, 1.807) is 6.92 Å². The minimum atomic E-state index is 0.250. The van der Waals surface area contributed by atoms with Crippen LogP contribution in [0.5, 0.6) is 0 Å². The molecule has 0 aliphatic rings. The lowest BCUT2D eigenvalue weighted by molar-refractivity contribution is 0.318. The minimum absolute atomic E-state index is 0.250. The molecule has 2 nitrogen and oxygen atoms in total. The zero-order valence-electron chi connectivity index (χ0n) is 17.4. The molecule has 2 heteroatoms. The van der Waals surface area contributed by atoms with Crippen molar-refractivity contribution in [2.75, 3.05) is 27.2 Å². The first-order valence-electron chi connectivity index (χ1n) is 10.6. The third-order valence-electron chi connectivity index (χ3n) is 4.12.